The van der Waals surface area contributed by atoms with Crippen LogP contribution in [0.3, 0.4) is 0 Å². The molecule has 24 heavy (non-hydrogen) atoms. The second-order valence-electron chi connectivity index (χ2n) is 6.36. The number of benzene rings is 1. The molecule has 1 aliphatic heterocycles. The van der Waals surface area contributed by atoms with Crippen molar-refractivity contribution in [3.8, 4) is 5.75 Å². The average Bonchev–Trinajstić information content (AvgIpc) is 3.06. The van der Waals surface area contributed by atoms with Crippen molar-refractivity contribution in [1.29, 1.82) is 0 Å². The number of hydrogen-bond donors (Lipinski definition) is 1. The van der Waals surface area contributed by atoms with Crippen LogP contribution >= 0.6 is 0 Å². The highest BCUT2D eigenvalue weighted by molar-refractivity contribution is 5.78. The van der Waals surface area contributed by atoms with Gasteiger partial charge in [0.1, 0.15) is 0 Å². The number of hydrogen-bond acceptors (Lipinski definition) is 4. The van der Waals surface area contributed by atoms with Crippen molar-refractivity contribution >= 4 is 5.91 Å². The first kappa shape index (κ1) is 17.2. The van der Waals surface area contributed by atoms with Gasteiger partial charge in [-0.1, -0.05) is 12.1 Å². The quantitative estimate of drug-likeness (QED) is 0.774. The van der Waals surface area contributed by atoms with Crippen LogP contribution in [0.25, 0.3) is 0 Å². The molecule has 2 fully saturated rings. The number of nitrogens with one attached hydrogen (secondary N) is 1. The van der Waals surface area contributed by atoms with E-state index in [4.69, 9.17) is 9.47 Å². The first-order chi connectivity index (χ1) is 11.7. The fourth-order valence-corrected chi connectivity index (χ4v) is 3.49. The smallest absolute Gasteiger partial charge is 0.234 e. The maximum atomic E-state index is 13.4. The number of fused-ring (bicyclic) bond motifs is 1. The van der Waals surface area contributed by atoms with Crippen LogP contribution in [0.2, 0.25) is 0 Å². The Bertz CT molecular complexity index is 555. The Morgan fingerprint density at radius 2 is 2.25 bits per heavy atom. The molecule has 0 unspecified atom stereocenters. The molecule has 1 aliphatic carbocycles. The lowest BCUT2D eigenvalue weighted by molar-refractivity contribution is -0.126. The zero-order valence-electron chi connectivity index (χ0n) is 13.9. The van der Waals surface area contributed by atoms with Gasteiger partial charge in [-0.25, -0.2) is 4.39 Å². The summed E-state index contributed by atoms with van der Waals surface area (Å²) < 4.78 is 24.5. The number of ether oxygens (including phenoxy) is 2. The highest BCUT2D eigenvalue weighted by Crippen LogP contribution is 2.29. The van der Waals surface area contributed by atoms with E-state index in [-0.39, 0.29) is 17.5 Å². The Hall–Kier alpha value is -1.66. The standard InChI is InChI=1S/C18H25FN2O3/c19-14-5-1-2-7-16(14)23-11-4-9-20-18(22)13-21-10-12-24-17-8-3-6-15(17)21/h1-2,5,7,15,17H,3-4,6,8-13H2,(H,20,22)/t15-,17-/m0/s1. The van der Waals surface area contributed by atoms with Crippen LogP contribution in [0.4, 0.5) is 4.39 Å². The van der Waals surface area contributed by atoms with Crippen molar-refractivity contribution in [2.24, 2.45) is 0 Å². The lowest BCUT2D eigenvalue weighted by atomic mass is 10.1. The second-order valence-corrected chi connectivity index (χ2v) is 6.36. The number of morpholine rings is 1. The number of carbonyl (C=O) groups excluding carboxylic acids is 1. The third kappa shape index (κ3) is 4.45. The van der Waals surface area contributed by atoms with Crippen molar-refractivity contribution in [3.05, 3.63) is 30.1 Å². The van der Waals surface area contributed by atoms with Crippen LogP contribution in [0.5, 0.6) is 5.75 Å². The predicted octanol–water partition coefficient (Wildman–Crippen LogP) is 1.96. The molecule has 1 heterocycles. The largest absolute Gasteiger partial charge is 0.490 e. The molecule has 2 aliphatic rings. The van der Waals surface area contributed by atoms with Gasteiger partial charge in [0.25, 0.3) is 0 Å². The number of para-hydroxylation sites is 1. The van der Waals surface area contributed by atoms with Gasteiger partial charge in [-0.15, -0.1) is 0 Å². The minimum Gasteiger partial charge on any atom is -0.490 e. The SMILES string of the molecule is O=C(CN1CCO[C@H]2CCC[C@@H]21)NCCCOc1ccccc1F. The predicted molar refractivity (Wildman–Crippen MR) is 88.5 cm³/mol. The second kappa shape index (κ2) is 8.44. The summed E-state index contributed by atoms with van der Waals surface area (Å²) in [5.41, 5.74) is 0. The summed E-state index contributed by atoms with van der Waals surface area (Å²) in [6, 6.07) is 6.73. The van der Waals surface area contributed by atoms with E-state index >= 15 is 0 Å². The van der Waals surface area contributed by atoms with E-state index in [1.807, 2.05) is 0 Å². The van der Waals surface area contributed by atoms with Crippen molar-refractivity contribution in [3.63, 3.8) is 0 Å². The summed E-state index contributed by atoms with van der Waals surface area (Å²) in [4.78, 5) is 14.3. The monoisotopic (exact) mass is 336 g/mol. The fourth-order valence-electron chi connectivity index (χ4n) is 3.49. The highest BCUT2D eigenvalue weighted by atomic mass is 19.1. The Labute approximate surface area is 142 Å². The third-order valence-electron chi connectivity index (χ3n) is 4.68. The molecule has 1 aromatic rings. The van der Waals surface area contributed by atoms with Gasteiger partial charge in [-0.2, -0.15) is 0 Å². The van der Waals surface area contributed by atoms with E-state index in [0.29, 0.717) is 44.9 Å². The van der Waals surface area contributed by atoms with Gasteiger partial charge in [0.2, 0.25) is 5.91 Å². The summed E-state index contributed by atoms with van der Waals surface area (Å²) in [5, 5.41) is 2.92. The van der Waals surface area contributed by atoms with Crippen molar-refractivity contribution in [2.75, 3.05) is 32.8 Å². The molecule has 1 N–H and O–H groups in total. The molecule has 2 atom stereocenters. The number of carbonyl (C=O) groups is 1. The van der Waals surface area contributed by atoms with Gasteiger partial charge in [0.05, 0.1) is 25.9 Å². The van der Waals surface area contributed by atoms with E-state index < -0.39 is 0 Å². The molecule has 5 nitrogen and oxygen atoms in total. The van der Waals surface area contributed by atoms with Gasteiger partial charge < -0.3 is 14.8 Å². The van der Waals surface area contributed by atoms with E-state index in [1.165, 1.54) is 12.5 Å². The number of amides is 1. The average molecular weight is 336 g/mol. The first-order valence-electron chi connectivity index (χ1n) is 8.74. The number of rotatable bonds is 7. The van der Waals surface area contributed by atoms with Crippen LogP contribution in [0.15, 0.2) is 24.3 Å². The summed E-state index contributed by atoms with van der Waals surface area (Å²) in [7, 11) is 0. The van der Waals surface area contributed by atoms with E-state index in [0.717, 1.165) is 19.4 Å². The topological polar surface area (TPSA) is 50.8 Å². The maximum absolute atomic E-state index is 13.4. The molecule has 0 spiro atoms. The molecular formula is C18H25FN2O3. The molecule has 132 valence electrons. The molecule has 3 rings (SSSR count). The summed E-state index contributed by atoms with van der Waals surface area (Å²) in [6.45, 7) is 2.88. The molecule has 1 saturated heterocycles. The van der Waals surface area contributed by atoms with Crippen LogP contribution in [-0.2, 0) is 9.53 Å². The van der Waals surface area contributed by atoms with Crippen LogP contribution in [0, 0.1) is 5.82 Å². The van der Waals surface area contributed by atoms with Gasteiger partial charge >= 0.3 is 0 Å². The lowest BCUT2D eigenvalue weighted by Gasteiger charge is -2.37. The fraction of sp³-hybridized carbons (Fsp3) is 0.611. The number of halogens is 1. The molecule has 6 heteroatoms. The molecule has 0 radical (unpaired) electrons. The molecule has 1 amide bonds. The summed E-state index contributed by atoms with van der Waals surface area (Å²) in [5.74, 6) is -0.0715. The van der Waals surface area contributed by atoms with Crippen LogP contribution in [-0.4, -0.2) is 55.8 Å². The molecule has 1 saturated carbocycles. The van der Waals surface area contributed by atoms with E-state index in [9.17, 15) is 9.18 Å². The van der Waals surface area contributed by atoms with Crippen molar-refractivity contribution in [1.82, 2.24) is 10.2 Å². The molecule has 1 aromatic carbocycles. The molecular weight excluding hydrogens is 311 g/mol. The third-order valence-corrected chi connectivity index (χ3v) is 4.68. The zero-order chi connectivity index (χ0) is 16.8. The van der Waals surface area contributed by atoms with Crippen LogP contribution in [0.1, 0.15) is 25.7 Å². The zero-order valence-corrected chi connectivity index (χ0v) is 13.9. The maximum Gasteiger partial charge on any atom is 0.234 e. The van der Waals surface area contributed by atoms with Gasteiger partial charge in [-0.3, -0.25) is 9.69 Å². The Morgan fingerprint density at radius 1 is 1.38 bits per heavy atom. The molecule has 0 bridgehead atoms. The minimum absolute atomic E-state index is 0.0356. The normalized spacial score (nSPS) is 23.7. The molecule has 0 aromatic heterocycles. The Balaban J connectivity index is 1.32. The van der Waals surface area contributed by atoms with Gasteiger partial charge in [0.15, 0.2) is 11.6 Å². The van der Waals surface area contributed by atoms with Gasteiger partial charge in [-0.05, 0) is 37.8 Å². The highest BCUT2D eigenvalue weighted by Gasteiger charge is 2.36. The minimum atomic E-state index is -0.361. The van der Waals surface area contributed by atoms with Crippen LogP contribution < -0.4 is 10.1 Å². The first-order valence-corrected chi connectivity index (χ1v) is 8.74. The van der Waals surface area contributed by atoms with Crippen molar-refractivity contribution in [2.45, 2.75) is 37.8 Å². The van der Waals surface area contributed by atoms with E-state index in [1.54, 1.807) is 18.2 Å². The Kier molecular flexibility index (Phi) is 6.04. The van der Waals surface area contributed by atoms with Gasteiger partial charge in [0, 0.05) is 19.1 Å². The summed E-state index contributed by atoms with van der Waals surface area (Å²) >= 11 is 0. The Morgan fingerprint density at radius 3 is 3.12 bits per heavy atom. The number of nitrogens with zero attached hydrogens (tertiary/aromatic N) is 1. The van der Waals surface area contributed by atoms with Crippen molar-refractivity contribution < 1.29 is 18.7 Å². The summed E-state index contributed by atoms with van der Waals surface area (Å²) in [6.07, 6.45) is 4.36. The van der Waals surface area contributed by atoms with E-state index in [2.05, 4.69) is 10.2 Å². The lowest BCUT2D eigenvalue weighted by Crippen LogP contribution is -2.51.